The third-order valence-electron chi connectivity index (χ3n) is 7.03. The lowest BCUT2D eigenvalue weighted by Crippen LogP contribution is -2.38. The van der Waals surface area contributed by atoms with Crippen LogP contribution in [0.5, 0.6) is 0 Å². The Morgan fingerprint density at radius 2 is 1.93 bits per heavy atom. The number of esters is 2. The Kier molecular flexibility index (Phi) is 8.27. The van der Waals surface area contributed by atoms with E-state index in [1.165, 1.54) is 24.5 Å². The summed E-state index contributed by atoms with van der Waals surface area (Å²) in [6.45, 7) is 1.79. The number of hydrogen-bond donors (Lipinski definition) is 1. The monoisotopic (exact) mass is 590 g/mol. The molecule has 13 heteroatoms. The fraction of sp³-hybridized carbons (Fsp3) is 0.370. The molecule has 1 aromatic carbocycles. The lowest BCUT2D eigenvalue weighted by atomic mass is 9.77. The molecule has 1 saturated carbocycles. The maximum atomic E-state index is 14.6. The Morgan fingerprint density at radius 3 is 2.60 bits per heavy atom. The van der Waals surface area contributed by atoms with Gasteiger partial charge in [-0.1, -0.05) is 22.8 Å². The van der Waals surface area contributed by atoms with E-state index in [9.17, 15) is 18.4 Å². The van der Waals surface area contributed by atoms with E-state index in [4.69, 9.17) is 30.6 Å². The molecule has 9 nitrogen and oxygen atoms in total. The molecule has 0 amide bonds. The molecule has 1 unspecified atom stereocenters. The van der Waals surface area contributed by atoms with Gasteiger partial charge in [0.05, 0.1) is 24.3 Å². The molecule has 0 saturated heterocycles. The van der Waals surface area contributed by atoms with E-state index < -0.39 is 34.6 Å². The zero-order valence-corrected chi connectivity index (χ0v) is 23.2. The second-order valence-electron chi connectivity index (χ2n) is 9.31. The van der Waals surface area contributed by atoms with Crippen molar-refractivity contribution < 1.29 is 32.4 Å². The minimum atomic E-state index is -1.22. The smallest absolute Gasteiger partial charge is 0.360 e. The molecule has 5 rings (SSSR count). The van der Waals surface area contributed by atoms with E-state index in [0.717, 1.165) is 6.07 Å². The van der Waals surface area contributed by atoms with Crippen LogP contribution in [-0.2, 0) is 14.3 Å². The third-order valence-corrected chi connectivity index (χ3v) is 8.19. The number of nitrogens with zero attached hydrogens (tertiary/aromatic N) is 3. The van der Waals surface area contributed by atoms with Gasteiger partial charge >= 0.3 is 11.9 Å². The van der Waals surface area contributed by atoms with Gasteiger partial charge in [0.25, 0.3) is 0 Å². The summed E-state index contributed by atoms with van der Waals surface area (Å²) in [5.41, 5.74) is 1.01. The number of thiazole rings is 1. The highest BCUT2D eigenvalue weighted by Crippen LogP contribution is 2.44. The van der Waals surface area contributed by atoms with Gasteiger partial charge in [0.2, 0.25) is 0 Å². The number of aliphatic imine (C=N–C) groups is 1. The number of rotatable bonds is 7. The quantitative estimate of drug-likeness (QED) is 0.274. The lowest BCUT2D eigenvalue weighted by Gasteiger charge is -2.34. The Bertz CT molecular complexity index is 1480. The van der Waals surface area contributed by atoms with Crippen molar-refractivity contribution in [1.82, 2.24) is 15.5 Å². The molecule has 210 valence electrons. The maximum absolute atomic E-state index is 14.6. The van der Waals surface area contributed by atoms with Crippen molar-refractivity contribution in [3.63, 3.8) is 0 Å². The normalized spacial score (nSPS) is 21.0. The van der Waals surface area contributed by atoms with Crippen LogP contribution >= 0.6 is 22.9 Å². The third kappa shape index (κ3) is 5.37. The van der Waals surface area contributed by atoms with Crippen molar-refractivity contribution in [2.75, 3.05) is 13.7 Å². The largest absolute Gasteiger partial charge is 0.464 e. The summed E-state index contributed by atoms with van der Waals surface area (Å²) < 4.78 is 44.0. The Balaban J connectivity index is 1.52. The summed E-state index contributed by atoms with van der Waals surface area (Å²) in [6.07, 6.45) is 4.28. The number of carbonyl (C=O) groups excluding carboxylic acids is 2. The molecule has 0 radical (unpaired) electrons. The number of carbonyl (C=O) groups is 2. The molecule has 1 aliphatic heterocycles. The Morgan fingerprint density at radius 1 is 1.18 bits per heavy atom. The molecule has 1 atom stereocenters. The molecule has 2 aliphatic rings. The summed E-state index contributed by atoms with van der Waals surface area (Å²) in [5.74, 6) is -2.65. The number of nitrogens with one attached hydrogen (secondary N) is 1. The van der Waals surface area contributed by atoms with Crippen LogP contribution in [0.3, 0.4) is 0 Å². The van der Waals surface area contributed by atoms with Crippen LogP contribution in [0.15, 0.2) is 50.6 Å². The Hall–Kier alpha value is -3.64. The van der Waals surface area contributed by atoms with E-state index in [-0.39, 0.29) is 35.3 Å². The van der Waals surface area contributed by atoms with E-state index >= 15 is 0 Å². The number of ether oxygens (including phenoxy) is 2. The van der Waals surface area contributed by atoms with Gasteiger partial charge in [0, 0.05) is 34.8 Å². The molecule has 3 aromatic rings. The molecular formula is C27H25ClF2N4O5S. The number of hydrogen-bond acceptors (Lipinski definition) is 10. The van der Waals surface area contributed by atoms with Crippen LogP contribution in [0.2, 0.25) is 5.02 Å². The van der Waals surface area contributed by atoms with Gasteiger partial charge in [-0.15, -0.1) is 11.3 Å². The van der Waals surface area contributed by atoms with E-state index in [1.807, 2.05) is 0 Å². The number of aromatic nitrogens is 2. The van der Waals surface area contributed by atoms with Crippen molar-refractivity contribution in [3.05, 3.63) is 79.7 Å². The summed E-state index contributed by atoms with van der Waals surface area (Å²) in [4.78, 5) is 34.2. The molecule has 3 heterocycles. The topological polar surface area (TPSA) is 116 Å². The van der Waals surface area contributed by atoms with Gasteiger partial charge in [0.1, 0.15) is 11.8 Å². The molecule has 0 bridgehead atoms. The molecule has 0 spiro atoms. The minimum Gasteiger partial charge on any atom is -0.464 e. The second-order valence-corrected chi connectivity index (χ2v) is 10.6. The summed E-state index contributed by atoms with van der Waals surface area (Å²) >= 11 is 7.61. The Labute approximate surface area is 237 Å². The summed E-state index contributed by atoms with van der Waals surface area (Å²) in [6, 6.07) is 2.83. The highest BCUT2D eigenvalue weighted by Gasteiger charge is 2.39. The second kappa shape index (κ2) is 11.8. The zero-order valence-electron chi connectivity index (χ0n) is 21.6. The molecular weight excluding hydrogens is 566 g/mol. The molecule has 1 fully saturated rings. The zero-order chi connectivity index (χ0) is 28.4. The SMILES string of the molecule is CCOC(=O)C1=C([C@H]2CC[C@H](c3cc(C(=O)OC)no3)CC2)NC(c2nccs2)=NC1c1ccc(F)c(F)c1Cl. The standard InChI is InChI=1S/C27H25ClF2N4O5S/c1-3-38-27(36)19-22(14-6-4-13(5-7-14)18-12-17(34-39-18)26(35)37-2)32-24(25-31-10-11-40-25)33-23(19)15-8-9-16(29)21(30)20(15)28/h8-14,23H,3-7H2,1-2H3,(H,32,33)/t13-,14-,23?. The van der Waals surface area contributed by atoms with Crippen LogP contribution in [0.25, 0.3) is 0 Å². The van der Waals surface area contributed by atoms with Crippen molar-refractivity contribution >= 4 is 40.7 Å². The van der Waals surface area contributed by atoms with Crippen LogP contribution < -0.4 is 5.32 Å². The lowest BCUT2D eigenvalue weighted by molar-refractivity contribution is -0.139. The number of amidine groups is 1. The number of methoxy groups -OCH3 is 1. The van der Waals surface area contributed by atoms with Gasteiger partial charge in [-0.2, -0.15) is 0 Å². The number of allylic oxidation sites excluding steroid dienone is 1. The fourth-order valence-electron chi connectivity index (χ4n) is 5.10. The number of benzene rings is 1. The number of halogens is 3. The van der Waals surface area contributed by atoms with E-state index in [0.29, 0.717) is 48.0 Å². The van der Waals surface area contributed by atoms with Crippen LogP contribution in [0.1, 0.15) is 71.4 Å². The van der Waals surface area contributed by atoms with Crippen LogP contribution in [0, 0.1) is 17.6 Å². The first kappa shape index (κ1) is 27.9. The van der Waals surface area contributed by atoms with Gasteiger partial charge < -0.3 is 19.3 Å². The van der Waals surface area contributed by atoms with Crippen LogP contribution in [0.4, 0.5) is 8.78 Å². The van der Waals surface area contributed by atoms with Crippen molar-refractivity contribution in [2.24, 2.45) is 10.9 Å². The predicted molar refractivity (Wildman–Crippen MR) is 142 cm³/mol. The van der Waals surface area contributed by atoms with Crippen LogP contribution in [-0.4, -0.2) is 41.6 Å². The van der Waals surface area contributed by atoms with Crippen molar-refractivity contribution in [3.8, 4) is 0 Å². The van der Waals surface area contributed by atoms with Gasteiger partial charge in [-0.25, -0.2) is 23.4 Å². The van der Waals surface area contributed by atoms with Crippen molar-refractivity contribution in [1.29, 1.82) is 0 Å². The molecule has 40 heavy (non-hydrogen) atoms. The first-order chi connectivity index (χ1) is 19.3. The molecule has 1 aliphatic carbocycles. The van der Waals surface area contributed by atoms with Gasteiger partial charge in [-0.05, 0) is 44.6 Å². The fourth-order valence-corrected chi connectivity index (χ4v) is 5.94. The summed E-state index contributed by atoms with van der Waals surface area (Å²) in [7, 11) is 1.28. The highest BCUT2D eigenvalue weighted by molar-refractivity contribution is 7.11. The maximum Gasteiger partial charge on any atom is 0.360 e. The average Bonchev–Trinajstić information content (AvgIpc) is 3.69. The van der Waals surface area contributed by atoms with E-state index in [2.05, 4.69) is 15.5 Å². The predicted octanol–water partition coefficient (Wildman–Crippen LogP) is 5.73. The average molecular weight is 591 g/mol. The van der Waals surface area contributed by atoms with Gasteiger partial charge in [-0.3, -0.25) is 4.99 Å². The van der Waals surface area contributed by atoms with Crippen molar-refractivity contribution in [2.45, 2.75) is 44.6 Å². The highest BCUT2D eigenvalue weighted by atomic mass is 35.5. The van der Waals surface area contributed by atoms with E-state index in [1.54, 1.807) is 24.6 Å². The molecule has 1 N–H and O–H groups in total. The molecule has 2 aromatic heterocycles. The first-order valence-electron chi connectivity index (χ1n) is 12.7. The van der Waals surface area contributed by atoms with Gasteiger partial charge in [0.15, 0.2) is 28.2 Å². The summed E-state index contributed by atoms with van der Waals surface area (Å²) in [5, 5.41) is 9.01. The first-order valence-corrected chi connectivity index (χ1v) is 13.9. The minimum absolute atomic E-state index is 0.0147.